The summed E-state index contributed by atoms with van der Waals surface area (Å²) in [6.45, 7) is 3.83. The van der Waals surface area contributed by atoms with Crippen molar-refractivity contribution in [3.05, 3.63) is 40.7 Å². The molecule has 1 saturated carbocycles. The van der Waals surface area contributed by atoms with E-state index in [4.69, 9.17) is 21.7 Å². The van der Waals surface area contributed by atoms with E-state index >= 15 is 0 Å². The maximum atomic E-state index is 13.0. The number of amides is 1. The van der Waals surface area contributed by atoms with E-state index < -0.39 is 16.8 Å². The first-order valence-corrected chi connectivity index (χ1v) is 10.9. The van der Waals surface area contributed by atoms with Crippen molar-refractivity contribution >= 4 is 40.3 Å². The summed E-state index contributed by atoms with van der Waals surface area (Å²) in [7, 11) is -2.63. The molecule has 3 rings (SSSR count). The average molecular weight is 441 g/mol. The smallest absolute Gasteiger partial charge is 0.293 e. The van der Waals surface area contributed by atoms with Crippen molar-refractivity contribution in [1.29, 1.82) is 5.41 Å². The molecule has 158 valence electrons. The monoisotopic (exact) mass is 440 g/mol. The van der Waals surface area contributed by atoms with Gasteiger partial charge in [0.05, 0.1) is 6.61 Å². The Bertz CT molecular complexity index is 882. The van der Waals surface area contributed by atoms with E-state index in [9.17, 15) is 13.2 Å². The number of halogens is 1. The number of carbonyl (C=O) groups is 1. The first-order chi connectivity index (χ1) is 13.8. The SMILES string of the molecule is CC1(CO/C(C(=O)Nc2cccc(Cl)c2)=C(/C=N)N2CCN([SH](=O)=O)CC2)CC1. The Morgan fingerprint density at radius 3 is 2.55 bits per heavy atom. The minimum atomic E-state index is -2.63. The van der Waals surface area contributed by atoms with Gasteiger partial charge in [0.15, 0.2) is 0 Å². The summed E-state index contributed by atoms with van der Waals surface area (Å²) >= 11 is 5.99. The van der Waals surface area contributed by atoms with Crippen LogP contribution in [-0.2, 0) is 20.4 Å². The van der Waals surface area contributed by atoms with E-state index in [0.29, 0.717) is 49.2 Å². The van der Waals surface area contributed by atoms with Gasteiger partial charge in [-0.15, -0.1) is 0 Å². The van der Waals surface area contributed by atoms with Crippen molar-refractivity contribution in [2.45, 2.75) is 19.8 Å². The third-order valence-corrected chi connectivity index (χ3v) is 6.25. The number of hydrogen-bond acceptors (Lipinski definition) is 6. The Morgan fingerprint density at radius 2 is 2.00 bits per heavy atom. The van der Waals surface area contributed by atoms with Crippen LogP contribution in [0.1, 0.15) is 19.8 Å². The fraction of sp³-hybridized carbons (Fsp3) is 0.474. The molecule has 0 atom stereocenters. The molecule has 0 aromatic heterocycles. The van der Waals surface area contributed by atoms with Crippen molar-refractivity contribution in [3.8, 4) is 0 Å². The van der Waals surface area contributed by atoms with Gasteiger partial charge in [-0.3, -0.25) is 4.79 Å². The predicted molar refractivity (Wildman–Crippen MR) is 113 cm³/mol. The normalized spacial score (nSPS) is 19.5. The van der Waals surface area contributed by atoms with E-state index in [1.807, 2.05) is 4.90 Å². The lowest BCUT2D eigenvalue weighted by Crippen LogP contribution is -2.46. The zero-order chi connectivity index (χ0) is 21.0. The second-order valence-electron chi connectivity index (χ2n) is 7.60. The quantitative estimate of drug-likeness (QED) is 0.248. The first kappa shape index (κ1) is 21.6. The highest BCUT2D eigenvalue weighted by Crippen LogP contribution is 2.45. The summed E-state index contributed by atoms with van der Waals surface area (Å²) in [5.74, 6) is -0.402. The number of thiol groups is 1. The second-order valence-corrected chi connectivity index (χ2v) is 9.08. The van der Waals surface area contributed by atoms with Gasteiger partial charge < -0.3 is 20.4 Å². The molecule has 1 aromatic carbocycles. The number of hydrogen-bond donors (Lipinski definition) is 3. The Hall–Kier alpha value is -2.10. The van der Waals surface area contributed by atoms with Gasteiger partial charge in [-0.1, -0.05) is 24.6 Å². The first-order valence-electron chi connectivity index (χ1n) is 9.40. The van der Waals surface area contributed by atoms with E-state index in [0.717, 1.165) is 19.1 Å². The van der Waals surface area contributed by atoms with Crippen molar-refractivity contribution in [1.82, 2.24) is 9.21 Å². The minimum Gasteiger partial charge on any atom is -0.486 e. The predicted octanol–water partition coefficient (Wildman–Crippen LogP) is 2.10. The molecule has 0 radical (unpaired) electrons. The number of anilines is 1. The van der Waals surface area contributed by atoms with Gasteiger partial charge in [-0.25, -0.2) is 12.7 Å². The summed E-state index contributed by atoms with van der Waals surface area (Å²) < 4.78 is 29.6. The van der Waals surface area contributed by atoms with Gasteiger partial charge in [-0.05, 0) is 31.0 Å². The lowest BCUT2D eigenvalue weighted by molar-refractivity contribution is -0.116. The van der Waals surface area contributed by atoms with Crippen LogP contribution in [-0.4, -0.2) is 62.5 Å². The molecule has 29 heavy (non-hydrogen) atoms. The Balaban J connectivity index is 1.83. The van der Waals surface area contributed by atoms with Crippen LogP contribution in [0.2, 0.25) is 5.02 Å². The Morgan fingerprint density at radius 1 is 1.31 bits per heavy atom. The molecular formula is C19H25ClN4O4S. The van der Waals surface area contributed by atoms with E-state index in [1.165, 1.54) is 4.31 Å². The zero-order valence-corrected chi connectivity index (χ0v) is 17.8. The highest BCUT2D eigenvalue weighted by Gasteiger charge is 2.39. The molecule has 2 N–H and O–H groups in total. The van der Waals surface area contributed by atoms with E-state index in [-0.39, 0.29) is 11.2 Å². The van der Waals surface area contributed by atoms with E-state index in [1.54, 1.807) is 24.3 Å². The Labute approximate surface area is 177 Å². The lowest BCUT2D eigenvalue weighted by atomic mass is 10.2. The van der Waals surface area contributed by atoms with Crippen molar-refractivity contribution in [2.24, 2.45) is 5.41 Å². The van der Waals surface area contributed by atoms with Crippen LogP contribution in [0.3, 0.4) is 0 Å². The molecular weight excluding hydrogens is 416 g/mol. The summed E-state index contributed by atoms with van der Waals surface area (Å²) in [4.78, 5) is 14.8. The molecule has 1 saturated heterocycles. The summed E-state index contributed by atoms with van der Waals surface area (Å²) in [6.07, 6.45) is 3.16. The molecule has 8 nitrogen and oxygen atoms in total. The number of benzene rings is 1. The largest absolute Gasteiger partial charge is 0.486 e. The van der Waals surface area contributed by atoms with Gasteiger partial charge in [0.25, 0.3) is 5.91 Å². The van der Waals surface area contributed by atoms with Crippen molar-refractivity contribution in [3.63, 3.8) is 0 Å². The molecule has 1 aliphatic heterocycles. The molecule has 1 aromatic rings. The highest BCUT2D eigenvalue weighted by molar-refractivity contribution is 7.69. The fourth-order valence-corrected chi connectivity index (χ4v) is 3.71. The van der Waals surface area contributed by atoms with Crippen LogP contribution in [0.25, 0.3) is 0 Å². The van der Waals surface area contributed by atoms with Crippen LogP contribution in [0.15, 0.2) is 35.7 Å². The molecule has 1 heterocycles. The molecule has 0 unspecified atom stereocenters. The van der Waals surface area contributed by atoms with Gasteiger partial charge in [0.2, 0.25) is 16.6 Å². The number of piperazine rings is 1. The number of ether oxygens (including phenoxy) is 1. The van der Waals surface area contributed by atoms with Crippen LogP contribution >= 0.6 is 11.6 Å². The molecule has 0 bridgehead atoms. The van der Waals surface area contributed by atoms with Crippen LogP contribution in [0, 0.1) is 10.8 Å². The molecule has 1 aliphatic carbocycles. The Kier molecular flexibility index (Phi) is 6.81. The maximum absolute atomic E-state index is 13.0. The minimum absolute atomic E-state index is 0.0500. The van der Waals surface area contributed by atoms with Crippen LogP contribution in [0.4, 0.5) is 5.69 Å². The van der Waals surface area contributed by atoms with Gasteiger partial charge in [0, 0.05) is 48.5 Å². The average Bonchev–Trinajstić information content (AvgIpc) is 3.42. The van der Waals surface area contributed by atoms with Gasteiger partial charge in [0.1, 0.15) is 5.70 Å². The summed E-state index contributed by atoms with van der Waals surface area (Å²) in [5.41, 5.74) is 0.919. The van der Waals surface area contributed by atoms with Crippen LogP contribution in [0.5, 0.6) is 0 Å². The lowest BCUT2D eigenvalue weighted by Gasteiger charge is -2.34. The number of nitrogens with one attached hydrogen (secondary N) is 2. The summed E-state index contributed by atoms with van der Waals surface area (Å²) in [6, 6.07) is 6.79. The molecule has 0 spiro atoms. The third kappa shape index (κ3) is 5.71. The number of carbonyl (C=O) groups excluding carboxylic acids is 1. The molecule has 2 aliphatic rings. The number of allylic oxidation sites excluding steroid dienone is 1. The maximum Gasteiger partial charge on any atom is 0.293 e. The standard InChI is InChI=1S/C19H25ClN4O4S/c1-19(5-6-19)13-28-17(18(25)22-15-4-2-3-14(20)11-15)16(12-21)23-7-9-24(10-8-23)29(26)27/h2-4,11-12,21,29H,5-10,13H2,1H3,(H,22,25)/b17-16-,21-12?. The summed E-state index contributed by atoms with van der Waals surface area (Å²) in [5, 5.41) is 11.2. The number of rotatable bonds is 8. The second kappa shape index (κ2) is 9.15. The molecule has 2 fully saturated rings. The van der Waals surface area contributed by atoms with E-state index in [2.05, 4.69) is 12.2 Å². The topological polar surface area (TPSA) is 103 Å². The van der Waals surface area contributed by atoms with Gasteiger partial charge in [-0.2, -0.15) is 0 Å². The van der Waals surface area contributed by atoms with Crippen LogP contribution < -0.4 is 5.32 Å². The molecule has 1 amide bonds. The fourth-order valence-electron chi connectivity index (χ4n) is 3.01. The number of nitrogens with zero attached hydrogens (tertiary/aromatic N) is 2. The zero-order valence-electron chi connectivity index (χ0n) is 16.2. The highest BCUT2D eigenvalue weighted by atomic mass is 35.5. The molecule has 10 heteroatoms. The van der Waals surface area contributed by atoms with Crippen molar-refractivity contribution in [2.75, 3.05) is 38.1 Å². The van der Waals surface area contributed by atoms with Crippen molar-refractivity contribution < 1.29 is 17.9 Å². The third-order valence-electron chi connectivity index (χ3n) is 5.15. The van der Waals surface area contributed by atoms with Gasteiger partial charge >= 0.3 is 0 Å².